The summed E-state index contributed by atoms with van der Waals surface area (Å²) in [6.45, 7) is 1.63. The van der Waals surface area contributed by atoms with E-state index < -0.39 is 21.7 Å². The summed E-state index contributed by atoms with van der Waals surface area (Å²) in [5, 5.41) is 34.0. The Morgan fingerprint density at radius 2 is 1.84 bits per heavy atom. The molecule has 0 aliphatic carbocycles. The van der Waals surface area contributed by atoms with Crippen LogP contribution in [0.1, 0.15) is 32.4 Å². The predicted octanol–water partition coefficient (Wildman–Crippen LogP) is 0.599. The molecule has 2 amide bonds. The summed E-state index contributed by atoms with van der Waals surface area (Å²) in [7, 11) is 0. The lowest BCUT2D eigenvalue weighted by molar-refractivity contribution is -0.385. The number of aryl methyl sites for hydroxylation is 1. The van der Waals surface area contributed by atoms with E-state index in [1.165, 1.54) is 36.0 Å². The minimum absolute atomic E-state index is 0.0324. The number of nitrogens with one attached hydrogen (secondary N) is 2. The van der Waals surface area contributed by atoms with Gasteiger partial charge >= 0.3 is 17.5 Å². The van der Waals surface area contributed by atoms with Gasteiger partial charge in [-0.3, -0.25) is 34.5 Å². The first-order valence-corrected chi connectivity index (χ1v) is 9.05. The molecule has 1 aromatic carbocycles. The molecule has 3 aromatic rings. The number of rotatable bonds is 9. The van der Waals surface area contributed by atoms with Crippen molar-refractivity contribution in [1.29, 1.82) is 0 Å². The van der Waals surface area contributed by atoms with E-state index >= 15 is 0 Å². The van der Waals surface area contributed by atoms with Gasteiger partial charge in [0, 0.05) is 30.3 Å². The number of nitro benzene ring substituents is 1. The summed E-state index contributed by atoms with van der Waals surface area (Å²) in [5.41, 5.74) is 0.323. The molecule has 15 nitrogen and oxygen atoms in total. The zero-order valence-corrected chi connectivity index (χ0v) is 16.5. The highest BCUT2D eigenvalue weighted by Gasteiger charge is 2.17. The molecule has 0 saturated heterocycles. The van der Waals surface area contributed by atoms with Gasteiger partial charge in [-0.25, -0.2) is 0 Å². The topological polar surface area (TPSA) is 201 Å². The molecule has 2 heterocycles. The minimum atomic E-state index is -0.671. The lowest BCUT2D eigenvalue weighted by atomic mass is 10.1. The zero-order chi connectivity index (χ0) is 23.3. The molecule has 0 fully saturated rings. The van der Waals surface area contributed by atoms with Crippen molar-refractivity contribution in [2.24, 2.45) is 0 Å². The van der Waals surface area contributed by atoms with Crippen molar-refractivity contribution in [2.75, 3.05) is 13.1 Å². The second kappa shape index (κ2) is 9.41. The molecule has 0 unspecified atom stereocenters. The van der Waals surface area contributed by atoms with Gasteiger partial charge in [-0.15, -0.1) is 0 Å². The van der Waals surface area contributed by atoms with Gasteiger partial charge in [-0.2, -0.15) is 10.1 Å². The van der Waals surface area contributed by atoms with E-state index in [-0.39, 0.29) is 48.3 Å². The van der Waals surface area contributed by atoms with Gasteiger partial charge in [0.2, 0.25) is 0 Å². The third-order valence-electron chi connectivity index (χ3n) is 4.15. The Bertz CT molecular complexity index is 1190. The SMILES string of the molecule is Cc1cc(C(=O)NCCNC(=O)c2nc(Cn3cc([N+](=O)[O-])cn3)no2)ccc1[N+](=O)[O-]. The fourth-order valence-electron chi connectivity index (χ4n) is 2.62. The van der Waals surface area contributed by atoms with Gasteiger partial charge in [0.05, 0.1) is 9.85 Å². The van der Waals surface area contributed by atoms with Crippen molar-refractivity contribution in [3.63, 3.8) is 0 Å². The molecule has 166 valence electrons. The number of aromatic nitrogens is 4. The van der Waals surface area contributed by atoms with Crippen molar-refractivity contribution in [3.8, 4) is 0 Å². The Labute approximate surface area is 178 Å². The number of carbonyl (C=O) groups excluding carboxylic acids is 2. The van der Waals surface area contributed by atoms with Crippen LogP contribution in [0.25, 0.3) is 0 Å². The van der Waals surface area contributed by atoms with Gasteiger partial charge in [0.1, 0.15) is 18.9 Å². The third-order valence-corrected chi connectivity index (χ3v) is 4.15. The standard InChI is InChI=1S/C17H16N8O7/c1-10-6-11(2-3-13(10)25(30)31)15(26)18-4-5-19-16(27)17-21-14(22-32-17)9-23-8-12(7-20-23)24(28)29/h2-3,6-8H,4-5,9H2,1H3,(H,18,26)(H,19,27). The summed E-state index contributed by atoms with van der Waals surface area (Å²) in [4.78, 5) is 48.4. The third kappa shape index (κ3) is 5.26. The fourth-order valence-corrected chi connectivity index (χ4v) is 2.62. The van der Waals surface area contributed by atoms with Crippen molar-refractivity contribution in [3.05, 3.63) is 73.7 Å². The number of hydrogen-bond donors (Lipinski definition) is 2. The summed E-state index contributed by atoms with van der Waals surface area (Å²) in [5.74, 6) is -1.35. The van der Waals surface area contributed by atoms with E-state index in [2.05, 4.69) is 25.9 Å². The van der Waals surface area contributed by atoms with Crippen LogP contribution in [0.4, 0.5) is 11.4 Å². The first-order valence-electron chi connectivity index (χ1n) is 9.05. The molecule has 0 radical (unpaired) electrons. The Kier molecular flexibility index (Phi) is 6.47. The van der Waals surface area contributed by atoms with Crippen LogP contribution in [-0.2, 0) is 6.54 Å². The number of benzene rings is 1. The van der Waals surface area contributed by atoms with Crippen molar-refractivity contribution in [2.45, 2.75) is 13.5 Å². The van der Waals surface area contributed by atoms with E-state index in [0.29, 0.717) is 5.56 Å². The van der Waals surface area contributed by atoms with Crippen LogP contribution in [-0.4, -0.2) is 54.7 Å². The Morgan fingerprint density at radius 1 is 1.12 bits per heavy atom. The molecule has 3 rings (SSSR count). The van der Waals surface area contributed by atoms with Gasteiger partial charge in [0.15, 0.2) is 5.82 Å². The van der Waals surface area contributed by atoms with Crippen molar-refractivity contribution in [1.82, 2.24) is 30.6 Å². The van der Waals surface area contributed by atoms with E-state index in [9.17, 15) is 29.8 Å². The normalized spacial score (nSPS) is 10.5. The highest BCUT2D eigenvalue weighted by atomic mass is 16.6. The number of carbonyl (C=O) groups is 2. The predicted molar refractivity (Wildman–Crippen MR) is 105 cm³/mol. The quantitative estimate of drug-likeness (QED) is 0.267. The summed E-state index contributed by atoms with van der Waals surface area (Å²) >= 11 is 0. The van der Waals surface area contributed by atoms with Crippen LogP contribution in [0, 0.1) is 27.2 Å². The smallest absolute Gasteiger partial charge is 0.316 e. The van der Waals surface area contributed by atoms with Crippen molar-refractivity contribution >= 4 is 23.2 Å². The fraction of sp³-hybridized carbons (Fsp3) is 0.235. The largest absolute Gasteiger partial charge is 0.350 e. The highest BCUT2D eigenvalue weighted by Crippen LogP contribution is 2.18. The molecule has 2 N–H and O–H groups in total. The number of nitrogens with zero attached hydrogens (tertiary/aromatic N) is 6. The molecule has 32 heavy (non-hydrogen) atoms. The van der Waals surface area contributed by atoms with Crippen LogP contribution in [0.5, 0.6) is 0 Å². The first-order chi connectivity index (χ1) is 15.2. The first kappa shape index (κ1) is 22.0. The van der Waals surface area contributed by atoms with E-state index in [4.69, 9.17) is 4.52 Å². The van der Waals surface area contributed by atoms with E-state index in [1.807, 2.05) is 0 Å². The molecule has 2 aromatic heterocycles. The molecule has 0 saturated carbocycles. The maximum absolute atomic E-state index is 12.1. The number of nitro groups is 2. The van der Waals surface area contributed by atoms with Crippen LogP contribution >= 0.6 is 0 Å². The molecule has 0 aliphatic heterocycles. The van der Waals surface area contributed by atoms with Gasteiger partial charge in [-0.1, -0.05) is 5.16 Å². The van der Waals surface area contributed by atoms with Gasteiger partial charge < -0.3 is 15.2 Å². The van der Waals surface area contributed by atoms with Crippen LogP contribution in [0.3, 0.4) is 0 Å². The van der Waals surface area contributed by atoms with Crippen molar-refractivity contribution < 1.29 is 24.0 Å². The van der Waals surface area contributed by atoms with Gasteiger partial charge in [0.25, 0.3) is 11.6 Å². The lowest BCUT2D eigenvalue weighted by Crippen LogP contribution is -2.34. The van der Waals surface area contributed by atoms with Gasteiger partial charge in [-0.05, 0) is 19.1 Å². The molecule has 0 atom stereocenters. The minimum Gasteiger partial charge on any atom is -0.350 e. The maximum Gasteiger partial charge on any atom is 0.316 e. The van der Waals surface area contributed by atoms with Crippen LogP contribution in [0.15, 0.2) is 35.1 Å². The number of hydrogen-bond acceptors (Lipinski definition) is 10. The van der Waals surface area contributed by atoms with Crippen LogP contribution in [0.2, 0.25) is 0 Å². The second-order valence-electron chi connectivity index (χ2n) is 6.44. The Hall–Kier alpha value is -4.69. The second-order valence-corrected chi connectivity index (χ2v) is 6.44. The highest BCUT2D eigenvalue weighted by molar-refractivity contribution is 5.94. The average Bonchev–Trinajstić information content (AvgIpc) is 3.40. The molecule has 15 heteroatoms. The molecule has 0 spiro atoms. The lowest BCUT2D eigenvalue weighted by Gasteiger charge is -2.06. The zero-order valence-electron chi connectivity index (χ0n) is 16.5. The van der Waals surface area contributed by atoms with E-state index in [0.717, 1.165) is 6.20 Å². The maximum atomic E-state index is 12.1. The molecule has 0 aliphatic rings. The molecular weight excluding hydrogens is 428 g/mol. The summed E-state index contributed by atoms with van der Waals surface area (Å²) < 4.78 is 6.08. The average molecular weight is 444 g/mol. The van der Waals surface area contributed by atoms with Crippen LogP contribution < -0.4 is 10.6 Å². The Balaban J connectivity index is 1.46. The summed E-state index contributed by atoms with van der Waals surface area (Å²) in [6, 6.07) is 3.99. The summed E-state index contributed by atoms with van der Waals surface area (Å²) in [6.07, 6.45) is 2.26. The Morgan fingerprint density at radius 3 is 2.47 bits per heavy atom. The molecular formula is C17H16N8O7. The monoisotopic (exact) mass is 444 g/mol. The van der Waals surface area contributed by atoms with E-state index in [1.54, 1.807) is 0 Å². The molecule has 0 bridgehead atoms. The number of amides is 2.